The molecule has 1 aliphatic carbocycles. The third kappa shape index (κ3) is 6.57. The zero-order valence-electron chi connectivity index (χ0n) is 25.0. The second-order valence-electron chi connectivity index (χ2n) is 12.6. The van der Waals surface area contributed by atoms with Crippen LogP contribution < -0.4 is 0 Å². The molecule has 1 aliphatic heterocycles. The topological polar surface area (TPSA) is 61.6 Å². The van der Waals surface area contributed by atoms with Gasteiger partial charge < -0.3 is 10.0 Å². The van der Waals surface area contributed by atoms with E-state index in [2.05, 4.69) is 52.9 Å². The van der Waals surface area contributed by atoms with Gasteiger partial charge in [0.1, 0.15) is 11.4 Å². The largest absolute Gasteiger partial charge is 0.480 e. The van der Waals surface area contributed by atoms with Gasteiger partial charge in [-0.15, -0.1) is 0 Å². The van der Waals surface area contributed by atoms with Gasteiger partial charge in [-0.3, -0.25) is 14.4 Å². The molecule has 3 aromatic rings. The smallest absolute Gasteiger partial charge is 0.323 e. The van der Waals surface area contributed by atoms with E-state index in [1.807, 2.05) is 18.0 Å². The van der Waals surface area contributed by atoms with E-state index in [1.165, 1.54) is 17.3 Å². The van der Waals surface area contributed by atoms with Crippen molar-refractivity contribution in [2.75, 3.05) is 26.7 Å². The lowest BCUT2D eigenvalue weighted by molar-refractivity contribution is -0.149. The van der Waals surface area contributed by atoms with Crippen molar-refractivity contribution in [2.24, 2.45) is 5.92 Å². The van der Waals surface area contributed by atoms with E-state index in [4.69, 9.17) is 5.10 Å². The molecular formula is C34H45FN4O2. The molecule has 6 nitrogen and oxygen atoms in total. The van der Waals surface area contributed by atoms with Gasteiger partial charge in [0.2, 0.25) is 0 Å². The Morgan fingerprint density at radius 2 is 1.80 bits per heavy atom. The van der Waals surface area contributed by atoms with Crippen molar-refractivity contribution >= 4 is 5.97 Å². The monoisotopic (exact) mass is 560 g/mol. The van der Waals surface area contributed by atoms with Gasteiger partial charge in [-0.25, -0.2) is 4.39 Å². The zero-order valence-corrected chi connectivity index (χ0v) is 25.0. The molecule has 2 heterocycles. The molecule has 1 aromatic heterocycles. The number of carbonyl (C=O) groups is 1. The molecule has 220 valence electrons. The molecule has 41 heavy (non-hydrogen) atoms. The fraction of sp³-hybridized carbons (Fsp3) is 0.529. The number of likely N-dealkylation sites (N-methyl/N-ethyl adjacent to an activating group) is 1. The van der Waals surface area contributed by atoms with Gasteiger partial charge in [0, 0.05) is 37.2 Å². The molecule has 3 atom stereocenters. The normalized spacial score (nSPS) is 22.4. The average Bonchev–Trinajstić information content (AvgIpc) is 3.57. The highest BCUT2D eigenvalue weighted by Crippen LogP contribution is 2.44. The van der Waals surface area contributed by atoms with Gasteiger partial charge in [0.15, 0.2) is 0 Å². The number of rotatable bonds is 10. The number of carboxylic acids is 1. The van der Waals surface area contributed by atoms with Crippen molar-refractivity contribution < 1.29 is 14.3 Å². The fourth-order valence-electron chi connectivity index (χ4n) is 7.07. The summed E-state index contributed by atoms with van der Waals surface area (Å²) in [6.45, 7) is 9.61. The Morgan fingerprint density at radius 3 is 2.46 bits per heavy atom. The van der Waals surface area contributed by atoms with Crippen LogP contribution in [0.1, 0.15) is 80.8 Å². The van der Waals surface area contributed by atoms with Crippen LogP contribution in [0.4, 0.5) is 4.39 Å². The molecule has 1 saturated carbocycles. The maximum atomic E-state index is 14.2. The van der Waals surface area contributed by atoms with Gasteiger partial charge in [-0.1, -0.05) is 42.5 Å². The van der Waals surface area contributed by atoms with Crippen LogP contribution in [0, 0.1) is 11.7 Å². The summed E-state index contributed by atoms with van der Waals surface area (Å²) in [6, 6.07) is 20.0. The number of aryl methyl sites for hydroxylation is 1. The van der Waals surface area contributed by atoms with Gasteiger partial charge in [0.25, 0.3) is 0 Å². The number of nitrogens with zero attached hydrogens (tertiary/aromatic N) is 4. The van der Waals surface area contributed by atoms with Crippen molar-refractivity contribution in [3.63, 3.8) is 0 Å². The van der Waals surface area contributed by atoms with Crippen LogP contribution in [0.25, 0.3) is 0 Å². The molecule has 0 radical (unpaired) electrons. The van der Waals surface area contributed by atoms with Crippen LogP contribution in [-0.2, 0) is 17.8 Å². The molecular weight excluding hydrogens is 515 g/mol. The molecule has 0 spiro atoms. The molecule has 2 aromatic carbocycles. The molecule has 1 N–H and O–H groups in total. The summed E-state index contributed by atoms with van der Waals surface area (Å²) in [7, 11) is 1.93. The number of aliphatic carboxylic acids is 1. The standard InChI is InChI=1S/C34H45FN4O2/c1-5-39-32(21-29(36-39)18-24-10-7-6-8-11-24)25-14-16-38(17-15-25)23-27-20-30(37(4)34(2,3)33(40)41)22-31(27)26-12-9-13-28(35)19-26/h6-13,19,21,25,27,30-31H,5,14-18,20,22-23H2,1-4H3,(H,40,41). The number of halogens is 1. The van der Waals surface area contributed by atoms with Crippen molar-refractivity contribution in [2.45, 2.75) is 82.8 Å². The minimum atomic E-state index is -0.952. The lowest BCUT2D eigenvalue weighted by Crippen LogP contribution is -2.52. The number of hydrogen-bond donors (Lipinski definition) is 1. The summed E-state index contributed by atoms with van der Waals surface area (Å²) in [6.07, 6.45) is 4.82. The van der Waals surface area contributed by atoms with E-state index >= 15 is 0 Å². The second-order valence-corrected chi connectivity index (χ2v) is 12.6. The lowest BCUT2D eigenvalue weighted by atomic mass is 9.87. The van der Waals surface area contributed by atoms with Gasteiger partial charge in [-0.2, -0.15) is 5.10 Å². The second kappa shape index (κ2) is 12.5. The summed E-state index contributed by atoms with van der Waals surface area (Å²) >= 11 is 0. The molecule has 2 fully saturated rings. The summed E-state index contributed by atoms with van der Waals surface area (Å²) < 4.78 is 16.4. The van der Waals surface area contributed by atoms with Gasteiger partial charge >= 0.3 is 5.97 Å². The SMILES string of the molecule is CCn1nc(Cc2ccccc2)cc1C1CCN(CC2CC(N(C)C(C)(C)C(=O)O)CC2c2cccc(F)c2)CC1. The summed E-state index contributed by atoms with van der Waals surface area (Å²) in [4.78, 5) is 16.6. The van der Waals surface area contributed by atoms with E-state index in [9.17, 15) is 14.3 Å². The number of aromatic nitrogens is 2. The Hall–Kier alpha value is -3.03. The van der Waals surface area contributed by atoms with Crippen molar-refractivity contribution in [1.29, 1.82) is 0 Å². The highest BCUT2D eigenvalue weighted by molar-refractivity contribution is 5.77. The molecule has 0 amide bonds. The molecule has 3 unspecified atom stereocenters. The van der Waals surface area contributed by atoms with Crippen molar-refractivity contribution in [1.82, 2.24) is 19.6 Å². The van der Waals surface area contributed by atoms with E-state index in [1.54, 1.807) is 26.0 Å². The third-order valence-electron chi connectivity index (χ3n) is 9.79. The van der Waals surface area contributed by atoms with Crippen molar-refractivity contribution in [3.8, 4) is 0 Å². The van der Waals surface area contributed by atoms with E-state index in [0.29, 0.717) is 11.8 Å². The van der Waals surface area contributed by atoms with E-state index in [-0.39, 0.29) is 17.8 Å². The van der Waals surface area contributed by atoms with Crippen LogP contribution in [-0.4, -0.2) is 68.9 Å². The Labute approximate surface area is 244 Å². The quantitative estimate of drug-likeness (QED) is 0.321. The van der Waals surface area contributed by atoms with Crippen LogP contribution in [0.15, 0.2) is 60.7 Å². The fourth-order valence-corrected chi connectivity index (χ4v) is 7.07. The van der Waals surface area contributed by atoms with E-state index < -0.39 is 11.5 Å². The number of benzene rings is 2. The lowest BCUT2D eigenvalue weighted by Gasteiger charge is -2.37. The minimum Gasteiger partial charge on any atom is -0.480 e. The Balaban J connectivity index is 1.26. The molecule has 5 rings (SSSR count). The molecule has 0 bridgehead atoms. The third-order valence-corrected chi connectivity index (χ3v) is 9.79. The first-order chi connectivity index (χ1) is 19.7. The highest BCUT2D eigenvalue weighted by Gasteiger charge is 2.44. The first-order valence-electron chi connectivity index (χ1n) is 15.2. The van der Waals surface area contributed by atoms with Crippen LogP contribution in [0.5, 0.6) is 0 Å². The maximum Gasteiger partial charge on any atom is 0.323 e. The van der Waals surface area contributed by atoms with Gasteiger partial charge in [0.05, 0.1) is 5.69 Å². The number of hydrogen-bond acceptors (Lipinski definition) is 4. The number of likely N-dealkylation sites (tertiary alicyclic amines) is 1. The van der Waals surface area contributed by atoms with Crippen LogP contribution in [0.2, 0.25) is 0 Å². The van der Waals surface area contributed by atoms with E-state index in [0.717, 1.165) is 69.5 Å². The Bertz CT molecular complexity index is 1320. The minimum absolute atomic E-state index is 0.138. The van der Waals surface area contributed by atoms with Crippen LogP contribution >= 0.6 is 0 Å². The first-order valence-corrected chi connectivity index (χ1v) is 15.2. The van der Waals surface area contributed by atoms with Crippen molar-refractivity contribution in [3.05, 3.63) is 89.0 Å². The summed E-state index contributed by atoms with van der Waals surface area (Å²) in [5.74, 6) is 0.0441. The average molecular weight is 561 g/mol. The van der Waals surface area contributed by atoms with Gasteiger partial charge in [-0.05, 0) is 108 Å². The zero-order chi connectivity index (χ0) is 29.1. The summed E-state index contributed by atoms with van der Waals surface area (Å²) in [5, 5.41) is 14.8. The number of piperidine rings is 1. The van der Waals surface area contributed by atoms with Crippen LogP contribution in [0.3, 0.4) is 0 Å². The Morgan fingerprint density at radius 1 is 1.07 bits per heavy atom. The first kappa shape index (κ1) is 29.5. The maximum absolute atomic E-state index is 14.2. The molecule has 1 saturated heterocycles. The number of carboxylic acid groups (broad SMARTS) is 1. The molecule has 7 heteroatoms. The highest BCUT2D eigenvalue weighted by atomic mass is 19.1. The molecule has 2 aliphatic rings. The summed E-state index contributed by atoms with van der Waals surface area (Å²) in [5.41, 5.74) is 3.86. The predicted octanol–water partition coefficient (Wildman–Crippen LogP) is 6.17. The Kier molecular flexibility index (Phi) is 8.95. The predicted molar refractivity (Wildman–Crippen MR) is 161 cm³/mol.